The number of hydrogen-bond acceptors (Lipinski definition) is 5. The maximum Gasteiger partial charge on any atom is 0.410 e. The second kappa shape index (κ2) is 8.88. The summed E-state index contributed by atoms with van der Waals surface area (Å²) < 4.78 is 5.49. The largest absolute Gasteiger partial charge is 0.436 e. The Morgan fingerprint density at radius 1 is 1.29 bits per heavy atom. The van der Waals surface area contributed by atoms with Crippen molar-refractivity contribution >= 4 is 12.0 Å². The van der Waals surface area contributed by atoms with Crippen LogP contribution in [0.5, 0.6) is 0 Å². The van der Waals surface area contributed by atoms with Gasteiger partial charge in [-0.3, -0.25) is 4.79 Å². The van der Waals surface area contributed by atoms with Crippen LogP contribution in [0.15, 0.2) is 0 Å². The molecule has 1 heterocycles. The Labute approximate surface area is 143 Å². The lowest BCUT2D eigenvalue weighted by molar-refractivity contribution is -0.137. The number of nitriles is 1. The lowest BCUT2D eigenvalue weighted by Crippen LogP contribution is -2.44. The van der Waals surface area contributed by atoms with Gasteiger partial charge in [0.15, 0.2) is 12.3 Å². The summed E-state index contributed by atoms with van der Waals surface area (Å²) in [6, 6.07) is -0.239. The Kier molecular flexibility index (Phi) is 6.85. The van der Waals surface area contributed by atoms with Crippen molar-refractivity contribution in [3.05, 3.63) is 0 Å². The van der Waals surface area contributed by atoms with Crippen LogP contribution < -0.4 is 0 Å². The highest BCUT2D eigenvalue weighted by Crippen LogP contribution is 2.29. The van der Waals surface area contributed by atoms with E-state index in [1.165, 1.54) is 18.4 Å². The molecule has 1 saturated heterocycles. The Bertz CT molecular complexity index is 485. The molecule has 0 bridgehead atoms. The highest BCUT2D eigenvalue weighted by atomic mass is 16.6. The minimum absolute atomic E-state index is 0.103. The van der Waals surface area contributed by atoms with E-state index < -0.39 is 18.1 Å². The number of hydrogen-bond donors (Lipinski definition) is 1. The van der Waals surface area contributed by atoms with Crippen molar-refractivity contribution in [1.82, 2.24) is 9.80 Å². The fraction of sp³-hybridized carbons (Fsp3) is 0.824. The van der Waals surface area contributed by atoms with Crippen LogP contribution in [-0.2, 0) is 9.53 Å². The van der Waals surface area contributed by atoms with Gasteiger partial charge in [0, 0.05) is 13.6 Å². The van der Waals surface area contributed by atoms with E-state index in [1.54, 1.807) is 6.19 Å². The molecule has 2 atom stereocenters. The van der Waals surface area contributed by atoms with Crippen molar-refractivity contribution in [3.63, 3.8) is 0 Å². The molecule has 0 aromatic heterocycles. The fourth-order valence-corrected chi connectivity index (χ4v) is 3.65. The van der Waals surface area contributed by atoms with Gasteiger partial charge in [0.05, 0.1) is 12.6 Å². The van der Waals surface area contributed by atoms with Crippen LogP contribution in [0.1, 0.15) is 51.4 Å². The van der Waals surface area contributed by atoms with E-state index in [2.05, 4.69) is 0 Å². The molecule has 0 aromatic rings. The summed E-state index contributed by atoms with van der Waals surface area (Å²) in [5.41, 5.74) is 0. The summed E-state index contributed by atoms with van der Waals surface area (Å²) in [5.74, 6) is -0.129. The van der Waals surface area contributed by atoms with E-state index in [0.29, 0.717) is 18.9 Å². The van der Waals surface area contributed by atoms with Crippen molar-refractivity contribution in [2.45, 2.75) is 63.5 Å². The molecule has 1 N–H and O–H groups in total. The smallest absolute Gasteiger partial charge is 0.410 e. The topological polar surface area (TPSA) is 93.9 Å². The predicted octanol–water partition coefficient (Wildman–Crippen LogP) is 1.86. The van der Waals surface area contributed by atoms with Crippen LogP contribution in [0.4, 0.5) is 4.79 Å². The lowest BCUT2D eigenvalue weighted by atomic mass is 9.85. The molecule has 24 heavy (non-hydrogen) atoms. The lowest BCUT2D eigenvalue weighted by Gasteiger charge is -2.29. The van der Waals surface area contributed by atoms with Crippen molar-refractivity contribution < 1.29 is 19.4 Å². The average molecular weight is 337 g/mol. The average Bonchev–Trinajstić information content (AvgIpc) is 3.09. The Hall–Kier alpha value is -1.81. The fourth-order valence-electron chi connectivity index (χ4n) is 3.65. The number of likely N-dealkylation sites (N-methyl/N-ethyl adjacent to an activating group) is 1. The summed E-state index contributed by atoms with van der Waals surface area (Å²) in [6.45, 7) is 0.428. The van der Waals surface area contributed by atoms with Gasteiger partial charge in [0.1, 0.15) is 0 Å². The van der Waals surface area contributed by atoms with Crippen LogP contribution in [0, 0.1) is 17.4 Å². The molecular formula is C17H27N3O4. The number of likely N-dealkylation sites (tertiary alicyclic amines) is 1. The minimum Gasteiger partial charge on any atom is -0.436 e. The number of amides is 2. The quantitative estimate of drug-likeness (QED) is 0.610. The first-order valence-corrected chi connectivity index (χ1v) is 8.82. The van der Waals surface area contributed by atoms with E-state index in [1.807, 2.05) is 0 Å². The van der Waals surface area contributed by atoms with E-state index in [9.17, 15) is 14.7 Å². The zero-order valence-electron chi connectivity index (χ0n) is 14.3. The van der Waals surface area contributed by atoms with E-state index in [-0.39, 0.29) is 12.6 Å². The monoisotopic (exact) mass is 337 g/mol. The number of ether oxygens (including phenoxy) is 1. The normalized spacial score (nSPS) is 22.7. The van der Waals surface area contributed by atoms with Gasteiger partial charge in [-0.2, -0.15) is 5.26 Å². The van der Waals surface area contributed by atoms with Crippen LogP contribution in [-0.4, -0.2) is 59.3 Å². The zero-order chi connectivity index (χ0) is 17.5. The van der Waals surface area contributed by atoms with Gasteiger partial charge in [0.25, 0.3) is 5.91 Å². The minimum atomic E-state index is -0.926. The van der Waals surface area contributed by atoms with Crippen LogP contribution >= 0.6 is 0 Å². The molecule has 2 fully saturated rings. The number of aliphatic hydroxyl groups excluding tert-OH is 1. The molecule has 0 unspecified atom stereocenters. The van der Waals surface area contributed by atoms with Gasteiger partial charge in [-0.1, -0.05) is 32.1 Å². The Morgan fingerprint density at radius 3 is 2.62 bits per heavy atom. The molecule has 2 amide bonds. The van der Waals surface area contributed by atoms with Gasteiger partial charge in [-0.25, -0.2) is 9.69 Å². The third kappa shape index (κ3) is 4.60. The molecular weight excluding hydrogens is 310 g/mol. The SMILES string of the molecule is CN(C#N)C(=O)[C@H](CC1CCCCC1)OC(=O)N1CCC[C@H]1CO. The van der Waals surface area contributed by atoms with Crippen LogP contribution in [0.3, 0.4) is 0 Å². The maximum absolute atomic E-state index is 12.4. The molecule has 7 nitrogen and oxygen atoms in total. The van der Waals surface area contributed by atoms with Crippen LogP contribution in [0.25, 0.3) is 0 Å². The summed E-state index contributed by atoms with van der Waals surface area (Å²) in [4.78, 5) is 27.2. The van der Waals surface area contributed by atoms with Crippen LogP contribution in [0.2, 0.25) is 0 Å². The third-order valence-corrected chi connectivity index (χ3v) is 5.09. The Morgan fingerprint density at radius 2 is 2.00 bits per heavy atom. The molecule has 1 aliphatic heterocycles. The number of aliphatic hydroxyl groups is 1. The van der Waals surface area contributed by atoms with Gasteiger partial charge >= 0.3 is 6.09 Å². The van der Waals surface area contributed by atoms with Crippen molar-refractivity contribution in [2.24, 2.45) is 5.92 Å². The molecule has 134 valence electrons. The van der Waals surface area contributed by atoms with Crippen molar-refractivity contribution in [3.8, 4) is 6.19 Å². The van der Waals surface area contributed by atoms with E-state index in [0.717, 1.165) is 43.4 Å². The van der Waals surface area contributed by atoms with Gasteiger partial charge in [-0.05, 0) is 25.2 Å². The molecule has 2 aliphatic rings. The number of rotatable bonds is 5. The highest BCUT2D eigenvalue weighted by molar-refractivity contribution is 5.84. The number of carbonyl (C=O) groups is 2. The standard InChI is InChI=1S/C17H27N3O4/c1-19(12-18)16(22)15(10-13-6-3-2-4-7-13)24-17(23)20-9-5-8-14(20)11-21/h13-15,21H,2-11H2,1H3/t14-,15-/m0/s1. The van der Waals surface area contributed by atoms with Gasteiger partial charge < -0.3 is 14.7 Å². The third-order valence-electron chi connectivity index (χ3n) is 5.09. The molecule has 1 aliphatic carbocycles. The molecule has 0 aromatic carbocycles. The van der Waals surface area contributed by atoms with Crippen molar-refractivity contribution in [2.75, 3.05) is 20.2 Å². The first-order chi connectivity index (χ1) is 11.6. The molecule has 0 spiro atoms. The predicted molar refractivity (Wildman–Crippen MR) is 86.7 cm³/mol. The van der Waals surface area contributed by atoms with E-state index in [4.69, 9.17) is 10.00 Å². The summed E-state index contributed by atoms with van der Waals surface area (Å²) in [7, 11) is 1.39. The highest BCUT2D eigenvalue weighted by Gasteiger charge is 2.35. The second-order valence-corrected chi connectivity index (χ2v) is 6.78. The maximum atomic E-state index is 12.4. The number of carbonyl (C=O) groups excluding carboxylic acids is 2. The first kappa shape index (κ1) is 18.5. The molecule has 2 rings (SSSR count). The van der Waals surface area contributed by atoms with E-state index >= 15 is 0 Å². The first-order valence-electron chi connectivity index (χ1n) is 8.82. The molecule has 7 heteroatoms. The summed E-state index contributed by atoms with van der Waals surface area (Å²) >= 11 is 0. The number of nitrogens with zero attached hydrogens (tertiary/aromatic N) is 3. The molecule has 1 saturated carbocycles. The second-order valence-electron chi connectivity index (χ2n) is 6.78. The van der Waals surface area contributed by atoms with Crippen molar-refractivity contribution in [1.29, 1.82) is 5.26 Å². The zero-order valence-corrected chi connectivity index (χ0v) is 14.3. The Balaban J connectivity index is 2.02. The summed E-state index contributed by atoms with van der Waals surface area (Å²) in [6.07, 6.45) is 7.85. The summed E-state index contributed by atoms with van der Waals surface area (Å²) in [5, 5.41) is 18.3. The molecule has 0 radical (unpaired) electrons. The van der Waals surface area contributed by atoms with Gasteiger partial charge in [0.2, 0.25) is 0 Å². The van der Waals surface area contributed by atoms with Gasteiger partial charge in [-0.15, -0.1) is 0 Å².